The van der Waals surface area contributed by atoms with Gasteiger partial charge in [0.1, 0.15) is 11.5 Å². The molecule has 198 valence electrons. The number of carbonyl (C=O) groups excluding carboxylic acids is 1. The normalized spacial score (nSPS) is 25.6. The quantitative estimate of drug-likeness (QED) is 0.265. The summed E-state index contributed by atoms with van der Waals surface area (Å²) in [5.74, 6) is 4.47. The standard InChI is InChI=1S/C31H36N4O3/c1-3-37-26-9-11-27(12-10-26)38-30-28(21(2)34-35(30)25-7-5-4-6-8-25)20-32-33-29(36)19-31-16-22-13-23(17-31)15-24(14-22)18-31/h4-12,20,22-24H,3,13-19H2,1-2H3,(H,33,36)/b32-20-. The van der Waals surface area contributed by atoms with E-state index in [1.54, 1.807) is 10.9 Å². The van der Waals surface area contributed by atoms with Crippen LogP contribution in [0.15, 0.2) is 59.7 Å². The molecule has 7 rings (SSSR count). The van der Waals surface area contributed by atoms with E-state index in [1.165, 1.54) is 38.5 Å². The van der Waals surface area contributed by atoms with Crippen LogP contribution in [-0.4, -0.2) is 28.5 Å². The highest BCUT2D eigenvalue weighted by Crippen LogP contribution is 2.61. The van der Waals surface area contributed by atoms with E-state index in [1.807, 2.05) is 68.4 Å². The second kappa shape index (κ2) is 10.3. The SMILES string of the molecule is CCOc1ccc(Oc2c(/C=N\NC(=O)CC34CC5CC(CC(C5)C3)C4)c(C)nn2-c2ccccc2)cc1. The zero-order valence-electron chi connectivity index (χ0n) is 22.2. The number of hydrogen-bond acceptors (Lipinski definition) is 5. The summed E-state index contributed by atoms with van der Waals surface area (Å²) in [4.78, 5) is 13.0. The second-order valence-electron chi connectivity index (χ2n) is 11.4. The largest absolute Gasteiger partial charge is 0.494 e. The third kappa shape index (κ3) is 5.06. The van der Waals surface area contributed by atoms with Gasteiger partial charge in [-0.3, -0.25) is 4.79 Å². The molecule has 1 N–H and O–H groups in total. The molecule has 2 aromatic carbocycles. The molecule has 1 aromatic heterocycles. The number of hydrogen-bond donors (Lipinski definition) is 1. The molecule has 0 saturated heterocycles. The number of benzene rings is 2. The molecule has 4 bridgehead atoms. The van der Waals surface area contributed by atoms with Gasteiger partial charge in [0.15, 0.2) is 0 Å². The summed E-state index contributed by atoms with van der Waals surface area (Å²) in [6, 6.07) is 17.4. The summed E-state index contributed by atoms with van der Waals surface area (Å²) < 4.78 is 13.7. The number of hydrazone groups is 1. The predicted molar refractivity (Wildman–Crippen MR) is 147 cm³/mol. The maximum absolute atomic E-state index is 13.0. The Labute approximate surface area is 224 Å². The number of para-hydroxylation sites is 1. The summed E-state index contributed by atoms with van der Waals surface area (Å²) in [5.41, 5.74) is 5.36. The van der Waals surface area contributed by atoms with Crippen LogP contribution in [0.3, 0.4) is 0 Å². The van der Waals surface area contributed by atoms with Gasteiger partial charge in [0.25, 0.3) is 0 Å². The Bertz CT molecular complexity index is 1280. The molecule has 0 unspecified atom stereocenters. The van der Waals surface area contributed by atoms with E-state index >= 15 is 0 Å². The van der Waals surface area contributed by atoms with Crippen molar-refractivity contribution in [3.8, 4) is 23.1 Å². The molecule has 0 atom stereocenters. The molecular formula is C31H36N4O3. The Hall–Kier alpha value is -3.61. The summed E-state index contributed by atoms with van der Waals surface area (Å²) in [5, 5.41) is 9.10. The van der Waals surface area contributed by atoms with Gasteiger partial charge < -0.3 is 9.47 Å². The monoisotopic (exact) mass is 512 g/mol. The molecule has 0 spiro atoms. The Morgan fingerprint density at radius 2 is 1.66 bits per heavy atom. The lowest BCUT2D eigenvalue weighted by molar-refractivity contribution is -0.129. The first-order chi connectivity index (χ1) is 18.5. The molecule has 7 nitrogen and oxygen atoms in total. The number of nitrogens with one attached hydrogen (secondary N) is 1. The van der Waals surface area contributed by atoms with Crippen LogP contribution in [0.2, 0.25) is 0 Å². The van der Waals surface area contributed by atoms with Gasteiger partial charge in [-0.25, -0.2) is 5.43 Å². The van der Waals surface area contributed by atoms with Crippen molar-refractivity contribution in [2.45, 2.75) is 58.8 Å². The zero-order valence-corrected chi connectivity index (χ0v) is 22.2. The van der Waals surface area contributed by atoms with Crippen LogP contribution < -0.4 is 14.9 Å². The van der Waals surface area contributed by atoms with Gasteiger partial charge in [-0.05, 0) is 112 Å². The Kier molecular flexibility index (Phi) is 6.68. The minimum absolute atomic E-state index is 0.00489. The maximum atomic E-state index is 13.0. The van der Waals surface area contributed by atoms with E-state index in [0.29, 0.717) is 24.7 Å². The minimum Gasteiger partial charge on any atom is -0.494 e. The predicted octanol–water partition coefficient (Wildman–Crippen LogP) is 6.43. The van der Waals surface area contributed by atoms with Crippen molar-refractivity contribution in [3.63, 3.8) is 0 Å². The number of carbonyl (C=O) groups is 1. The average molecular weight is 513 g/mol. The van der Waals surface area contributed by atoms with Gasteiger partial charge >= 0.3 is 0 Å². The average Bonchev–Trinajstić information content (AvgIpc) is 3.19. The Morgan fingerprint density at radius 3 is 2.29 bits per heavy atom. The van der Waals surface area contributed by atoms with E-state index in [-0.39, 0.29) is 11.3 Å². The lowest BCUT2D eigenvalue weighted by atomic mass is 9.49. The fourth-order valence-corrected chi connectivity index (χ4v) is 7.45. The molecule has 7 heteroatoms. The van der Waals surface area contributed by atoms with Crippen LogP contribution in [0.4, 0.5) is 0 Å². The fourth-order valence-electron chi connectivity index (χ4n) is 7.45. The Balaban J connectivity index is 1.21. The van der Waals surface area contributed by atoms with Gasteiger partial charge in [0.2, 0.25) is 11.8 Å². The number of rotatable bonds is 9. The van der Waals surface area contributed by atoms with Gasteiger partial charge in [0.05, 0.1) is 29.8 Å². The number of aromatic nitrogens is 2. The molecule has 4 aliphatic carbocycles. The topological polar surface area (TPSA) is 77.7 Å². The third-order valence-electron chi connectivity index (χ3n) is 8.50. The lowest BCUT2D eigenvalue weighted by Crippen LogP contribution is -2.47. The van der Waals surface area contributed by atoms with Crippen LogP contribution >= 0.6 is 0 Å². The lowest BCUT2D eigenvalue weighted by Gasteiger charge is -2.56. The van der Waals surface area contributed by atoms with Crippen LogP contribution in [0.1, 0.15) is 63.1 Å². The minimum atomic E-state index is 0.00489. The molecule has 4 saturated carbocycles. The van der Waals surface area contributed by atoms with Crippen molar-refractivity contribution >= 4 is 12.1 Å². The number of ether oxygens (including phenoxy) is 2. The first-order valence-electron chi connectivity index (χ1n) is 13.9. The smallest absolute Gasteiger partial charge is 0.240 e. The number of aryl methyl sites for hydroxylation is 1. The fraction of sp³-hybridized carbons (Fsp3) is 0.452. The molecule has 4 fully saturated rings. The van der Waals surface area contributed by atoms with Gasteiger partial charge in [0, 0.05) is 6.42 Å². The summed E-state index contributed by atoms with van der Waals surface area (Å²) in [7, 11) is 0. The van der Waals surface area contributed by atoms with Crippen molar-refractivity contribution in [3.05, 3.63) is 65.9 Å². The second-order valence-corrected chi connectivity index (χ2v) is 11.4. The highest BCUT2D eigenvalue weighted by Gasteiger charge is 2.51. The van der Waals surface area contributed by atoms with E-state index in [9.17, 15) is 4.79 Å². The number of amides is 1. The van der Waals surface area contributed by atoms with E-state index < -0.39 is 0 Å². The number of nitrogens with zero attached hydrogens (tertiary/aromatic N) is 3. The first kappa shape index (κ1) is 24.7. The molecule has 4 aliphatic rings. The molecule has 1 amide bonds. The van der Waals surface area contributed by atoms with Crippen LogP contribution in [0.25, 0.3) is 5.69 Å². The highest BCUT2D eigenvalue weighted by atomic mass is 16.5. The molecule has 3 aromatic rings. The van der Waals surface area contributed by atoms with Crippen LogP contribution in [-0.2, 0) is 4.79 Å². The first-order valence-corrected chi connectivity index (χ1v) is 13.9. The van der Waals surface area contributed by atoms with E-state index in [4.69, 9.17) is 14.6 Å². The van der Waals surface area contributed by atoms with E-state index in [0.717, 1.165) is 40.4 Å². The zero-order chi connectivity index (χ0) is 26.1. The van der Waals surface area contributed by atoms with E-state index in [2.05, 4.69) is 10.5 Å². The van der Waals surface area contributed by atoms with Crippen molar-refractivity contribution in [1.29, 1.82) is 0 Å². The van der Waals surface area contributed by atoms with Crippen LogP contribution in [0, 0.1) is 30.1 Å². The summed E-state index contributed by atoms with van der Waals surface area (Å²) in [6.07, 6.45) is 9.98. The molecular weight excluding hydrogens is 476 g/mol. The summed E-state index contributed by atoms with van der Waals surface area (Å²) >= 11 is 0. The third-order valence-corrected chi connectivity index (χ3v) is 8.50. The molecule has 38 heavy (non-hydrogen) atoms. The molecule has 0 radical (unpaired) electrons. The van der Waals surface area contributed by atoms with Crippen molar-refractivity contribution in [2.24, 2.45) is 28.3 Å². The summed E-state index contributed by atoms with van der Waals surface area (Å²) in [6.45, 7) is 4.48. The highest BCUT2D eigenvalue weighted by molar-refractivity contribution is 5.86. The molecule has 0 aliphatic heterocycles. The van der Waals surface area contributed by atoms with Gasteiger partial charge in [-0.1, -0.05) is 18.2 Å². The van der Waals surface area contributed by atoms with Crippen molar-refractivity contribution < 1.29 is 14.3 Å². The van der Waals surface area contributed by atoms with Crippen LogP contribution in [0.5, 0.6) is 17.4 Å². The van der Waals surface area contributed by atoms with Crippen molar-refractivity contribution in [2.75, 3.05) is 6.61 Å². The Morgan fingerprint density at radius 1 is 1.03 bits per heavy atom. The molecule has 1 heterocycles. The maximum Gasteiger partial charge on any atom is 0.240 e. The van der Waals surface area contributed by atoms with Gasteiger partial charge in [-0.15, -0.1) is 0 Å². The van der Waals surface area contributed by atoms with Gasteiger partial charge in [-0.2, -0.15) is 14.9 Å². The van der Waals surface area contributed by atoms with Crippen molar-refractivity contribution in [1.82, 2.24) is 15.2 Å².